The van der Waals surface area contributed by atoms with Crippen LogP contribution in [0.5, 0.6) is 11.5 Å². The van der Waals surface area contributed by atoms with Crippen LogP contribution in [-0.2, 0) is 16.2 Å². The quantitative estimate of drug-likeness (QED) is 0.152. The SMILES string of the molecule is CCOc1cc(/C=C2/NC(=O)N(CC(=O)Nc3cccc(C)c3)C2=O)cc(Cl)c1OCc1cccc([N+](=O)[O-])c1. The first kappa shape index (κ1) is 28.1. The second kappa shape index (κ2) is 12.3. The van der Waals surface area contributed by atoms with Crippen LogP contribution in [0.15, 0.2) is 66.4 Å². The van der Waals surface area contributed by atoms with Gasteiger partial charge in [0.15, 0.2) is 11.5 Å². The van der Waals surface area contributed by atoms with Gasteiger partial charge in [-0.2, -0.15) is 0 Å². The standard InChI is InChI=1S/C28H25ClN4O7/c1-3-39-24-14-19(12-22(29)26(24)40-16-18-7-5-9-21(11-18)33(37)38)13-23-27(35)32(28(36)31-23)15-25(34)30-20-8-4-6-17(2)10-20/h4-14H,3,15-16H2,1-2H3,(H,30,34)(H,31,36)/b23-13+. The Balaban J connectivity index is 1.49. The number of nitro groups is 1. The third-order valence-electron chi connectivity index (χ3n) is 5.71. The maximum atomic E-state index is 12.9. The van der Waals surface area contributed by atoms with Crippen molar-refractivity contribution < 1.29 is 28.8 Å². The Morgan fingerprint density at radius 2 is 1.90 bits per heavy atom. The number of hydrogen-bond donors (Lipinski definition) is 2. The number of halogens is 1. The summed E-state index contributed by atoms with van der Waals surface area (Å²) in [6, 6.07) is 15.5. The molecule has 2 N–H and O–H groups in total. The summed E-state index contributed by atoms with van der Waals surface area (Å²) in [7, 11) is 0. The molecule has 0 spiro atoms. The van der Waals surface area contributed by atoms with Crippen molar-refractivity contribution in [3.8, 4) is 11.5 Å². The number of benzene rings is 3. The van der Waals surface area contributed by atoms with Crippen LogP contribution >= 0.6 is 11.6 Å². The van der Waals surface area contributed by atoms with Crippen molar-refractivity contribution in [2.45, 2.75) is 20.5 Å². The number of imide groups is 1. The lowest BCUT2D eigenvalue weighted by molar-refractivity contribution is -0.384. The molecule has 1 aliphatic rings. The van der Waals surface area contributed by atoms with E-state index in [9.17, 15) is 24.5 Å². The second-order valence-electron chi connectivity index (χ2n) is 8.78. The first-order valence-electron chi connectivity index (χ1n) is 12.2. The molecule has 1 fully saturated rings. The largest absolute Gasteiger partial charge is 0.490 e. The molecule has 0 unspecified atom stereocenters. The van der Waals surface area contributed by atoms with Crippen molar-refractivity contribution >= 4 is 46.9 Å². The summed E-state index contributed by atoms with van der Waals surface area (Å²) >= 11 is 6.48. The van der Waals surface area contributed by atoms with Crippen molar-refractivity contribution in [1.29, 1.82) is 0 Å². The summed E-state index contributed by atoms with van der Waals surface area (Å²) in [5, 5.41) is 16.4. The van der Waals surface area contributed by atoms with E-state index in [-0.39, 0.29) is 41.1 Å². The summed E-state index contributed by atoms with van der Waals surface area (Å²) in [6.45, 7) is 3.46. The van der Waals surface area contributed by atoms with Gasteiger partial charge in [-0.05, 0) is 60.9 Å². The van der Waals surface area contributed by atoms with Crippen LogP contribution in [0.4, 0.5) is 16.2 Å². The molecule has 4 amide bonds. The number of amides is 4. The van der Waals surface area contributed by atoms with E-state index in [1.54, 1.807) is 43.3 Å². The summed E-state index contributed by atoms with van der Waals surface area (Å²) in [5.74, 6) is -0.710. The fourth-order valence-electron chi connectivity index (χ4n) is 3.94. The summed E-state index contributed by atoms with van der Waals surface area (Å²) in [4.78, 5) is 49.2. The topological polar surface area (TPSA) is 140 Å². The molecule has 0 bridgehead atoms. The van der Waals surface area contributed by atoms with E-state index >= 15 is 0 Å². The van der Waals surface area contributed by atoms with Crippen LogP contribution in [0, 0.1) is 17.0 Å². The molecule has 40 heavy (non-hydrogen) atoms. The van der Waals surface area contributed by atoms with Gasteiger partial charge in [0.25, 0.3) is 11.6 Å². The Morgan fingerprint density at radius 1 is 1.12 bits per heavy atom. The van der Waals surface area contributed by atoms with Gasteiger partial charge in [0.05, 0.1) is 16.6 Å². The van der Waals surface area contributed by atoms with Crippen molar-refractivity contribution in [3.63, 3.8) is 0 Å². The number of carbonyl (C=O) groups is 3. The third-order valence-corrected chi connectivity index (χ3v) is 5.99. The molecule has 11 nitrogen and oxygen atoms in total. The molecule has 4 rings (SSSR count). The van der Waals surface area contributed by atoms with Crippen LogP contribution in [0.25, 0.3) is 6.08 Å². The van der Waals surface area contributed by atoms with E-state index in [1.807, 2.05) is 13.0 Å². The number of nitrogens with zero attached hydrogens (tertiary/aromatic N) is 2. The van der Waals surface area contributed by atoms with E-state index in [0.29, 0.717) is 16.8 Å². The van der Waals surface area contributed by atoms with Crippen LogP contribution < -0.4 is 20.1 Å². The van der Waals surface area contributed by atoms with Crippen molar-refractivity contribution in [2.24, 2.45) is 0 Å². The highest BCUT2D eigenvalue weighted by atomic mass is 35.5. The zero-order valence-electron chi connectivity index (χ0n) is 21.6. The minimum Gasteiger partial charge on any atom is -0.490 e. The van der Waals surface area contributed by atoms with Crippen LogP contribution in [-0.4, -0.2) is 40.8 Å². The molecule has 0 radical (unpaired) electrons. The van der Waals surface area contributed by atoms with E-state index in [1.165, 1.54) is 24.3 Å². The molecule has 1 aliphatic heterocycles. The first-order valence-corrected chi connectivity index (χ1v) is 12.6. The predicted molar refractivity (Wildman–Crippen MR) is 148 cm³/mol. The normalized spacial score (nSPS) is 13.8. The molecular weight excluding hydrogens is 540 g/mol. The predicted octanol–water partition coefficient (Wildman–Crippen LogP) is 5.07. The summed E-state index contributed by atoms with van der Waals surface area (Å²) < 4.78 is 11.5. The maximum absolute atomic E-state index is 12.9. The highest BCUT2D eigenvalue weighted by molar-refractivity contribution is 6.32. The van der Waals surface area contributed by atoms with Crippen molar-refractivity contribution in [1.82, 2.24) is 10.2 Å². The van der Waals surface area contributed by atoms with E-state index < -0.39 is 29.3 Å². The molecule has 3 aromatic rings. The molecule has 1 saturated heterocycles. The number of nitro benzene ring substituents is 1. The number of hydrogen-bond acceptors (Lipinski definition) is 7. The molecule has 0 aliphatic carbocycles. The number of nitrogens with one attached hydrogen (secondary N) is 2. The van der Waals surface area contributed by atoms with Gasteiger partial charge in [-0.15, -0.1) is 0 Å². The first-order chi connectivity index (χ1) is 19.1. The zero-order valence-corrected chi connectivity index (χ0v) is 22.4. The van der Waals surface area contributed by atoms with E-state index in [2.05, 4.69) is 10.6 Å². The van der Waals surface area contributed by atoms with Gasteiger partial charge >= 0.3 is 6.03 Å². The average molecular weight is 565 g/mol. The highest BCUT2D eigenvalue weighted by Gasteiger charge is 2.35. The number of urea groups is 1. The average Bonchev–Trinajstić information content (AvgIpc) is 3.15. The number of aryl methyl sites for hydroxylation is 1. The van der Waals surface area contributed by atoms with Crippen LogP contribution in [0.1, 0.15) is 23.6 Å². The van der Waals surface area contributed by atoms with Gasteiger partial charge in [-0.1, -0.05) is 35.9 Å². The molecular formula is C28H25ClN4O7. The van der Waals surface area contributed by atoms with Gasteiger partial charge in [0.2, 0.25) is 5.91 Å². The van der Waals surface area contributed by atoms with E-state index in [4.69, 9.17) is 21.1 Å². The van der Waals surface area contributed by atoms with Crippen molar-refractivity contribution in [3.05, 3.63) is 98.2 Å². The van der Waals surface area contributed by atoms with Gasteiger partial charge in [-0.25, -0.2) is 9.69 Å². The third kappa shape index (κ3) is 6.75. The number of anilines is 1. The number of ether oxygens (including phenoxy) is 2. The summed E-state index contributed by atoms with van der Waals surface area (Å²) in [6.07, 6.45) is 1.41. The van der Waals surface area contributed by atoms with Crippen LogP contribution in [0.2, 0.25) is 5.02 Å². The fourth-order valence-corrected chi connectivity index (χ4v) is 4.21. The lowest BCUT2D eigenvalue weighted by atomic mass is 10.1. The Kier molecular flexibility index (Phi) is 8.65. The molecule has 0 atom stereocenters. The van der Waals surface area contributed by atoms with Crippen molar-refractivity contribution in [2.75, 3.05) is 18.5 Å². The summed E-state index contributed by atoms with van der Waals surface area (Å²) in [5.41, 5.74) is 2.39. The minimum atomic E-state index is -0.733. The molecule has 12 heteroatoms. The number of rotatable bonds is 10. The Labute approximate surface area is 234 Å². The lowest BCUT2D eigenvalue weighted by Crippen LogP contribution is -2.38. The number of non-ortho nitro benzene ring substituents is 1. The Hall–Kier alpha value is -4.90. The van der Waals surface area contributed by atoms with E-state index in [0.717, 1.165) is 10.5 Å². The van der Waals surface area contributed by atoms with Crippen LogP contribution in [0.3, 0.4) is 0 Å². The smallest absolute Gasteiger partial charge is 0.329 e. The van der Waals surface area contributed by atoms with Gasteiger partial charge in [0, 0.05) is 17.8 Å². The van der Waals surface area contributed by atoms with Gasteiger partial charge < -0.3 is 20.1 Å². The minimum absolute atomic E-state index is 0.00394. The molecule has 3 aromatic carbocycles. The Bertz CT molecular complexity index is 1520. The molecule has 1 heterocycles. The monoisotopic (exact) mass is 564 g/mol. The highest BCUT2D eigenvalue weighted by Crippen LogP contribution is 2.38. The number of carbonyl (C=O) groups excluding carboxylic acids is 3. The molecule has 0 saturated carbocycles. The zero-order chi connectivity index (χ0) is 28.8. The maximum Gasteiger partial charge on any atom is 0.329 e. The molecule has 0 aromatic heterocycles. The van der Waals surface area contributed by atoms with Gasteiger partial charge in [0.1, 0.15) is 18.8 Å². The van der Waals surface area contributed by atoms with Gasteiger partial charge in [-0.3, -0.25) is 19.7 Å². The molecule has 206 valence electrons. The lowest BCUT2D eigenvalue weighted by Gasteiger charge is -2.15. The fraction of sp³-hybridized carbons (Fsp3) is 0.179. The second-order valence-corrected chi connectivity index (χ2v) is 9.18. The Morgan fingerprint density at radius 3 is 2.62 bits per heavy atom.